The molecule has 8 heteroatoms. The number of ether oxygens (including phenoxy) is 1. The van der Waals surface area contributed by atoms with Crippen molar-refractivity contribution in [1.82, 2.24) is 0 Å². The summed E-state index contributed by atoms with van der Waals surface area (Å²) >= 11 is 0. The van der Waals surface area contributed by atoms with Crippen molar-refractivity contribution >= 4 is 96.2 Å². The molecule has 0 atom stereocenters. The largest absolute Gasteiger partial charge is 0.458 e. The molecule has 5 nitrogen and oxygen atoms in total. The molecule has 16 rings (SSSR count). The molecule has 0 N–H and O–H groups in total. The number of anilines is 9. The smallest absolute Gasteiger partial charge is 0.261 e. The Morgan fingerprint density at radius 3 is 1.58 bits per heavy atom. The number of fused-ring (bicyclic) bond motifs is 11. The van der Waals surface area contributed by atoms with Crippen molar-refractivity contribution in [3.63, 3.8) is 0 Å². The molecule has 382 valence electrons. The van der Waals surface area contributed by atoms with Crippen molar-refractivity contribution in [3.05, 3.63) is 301 Å². The maximum Gasteiger partial charge on any atom is 0.261 e. The molecule has 3 heterocycles. The quantitative estimate of drug-likeness (QED) is 0.135. The Morgan fingerprint density at radius 1 is 0.407 bits per heavy atom. The summed E-state index contributed by atoms with van der Waals surface area (Å²) in [6.07, 6.45) is 0. The van der Waals surface area contributed by atoms with E-state index in [-0.39, 0.29) is 11.6 Å². The fraction of sp³-hybridized carbons (Fsp3) is 0.0137. The van der Waals surface area contributed by atoms with E-state index in [0.717, 1.165) is 117 Å². The molecule has 0 saturated carbocycles. The van der Waals surface area contributed by atoms with Crippen LogP contribution in [0.3, 0.4) is 0 Å². The molecule has 0 fully saturated rings. The van der Waals surface area contributed by atoms with Gasteiger partial charge in [-0.1, -0.05) is 158 Å². The number of halogens is 2. The van der Waals surface area contributed by atoms with Gasteiger partial charge in [-0.15, -0.1) is 0 Å². The van der Waals surface area contributed by atoms with Crippen LogP contribution in [0.5, 0.6) is 11.5 Å². The number of benzene rings is 12. The Balaban J connectivity index is 1.03. The van der Waals surface area contributed by atoms with E-state index in [0.29, 0.717) is 22.6 Å². The number of hydrogen-bond donors (Lipinski definition) is 0. The van der Waals surface area contributed by atoms with E-state index in [1.165, 1.54) is 24.3 Å². The predicted molar refractivity (Wildman–Crippen MR) is 327 cm³/mol. The van der Waals surface area contributed by atoms with Gasteiger partial charge in [-0.25, -0.2) is 8.78 Å². The van der Waals surface area contributed by atoms with Crippen molar-refractivity contribution in [2.75, 3.05) is 14.7 Å². The summed E-state index contributed by atoms with van der Waals surface area (Å²) in [4.78, 5) is 7.03. The minimum atomic E-state index is -0.413. The molecule has 81 heavy (non-hydrogen) atoms. The summed E-state index contributed by atoms with van der Waals surface area (Å²) in [7, 11) is 0. The highest BCUT2D eigenvalue weighted by atomic mass is 19.1. The van der Waals surface area contributed by atoms with Gasteiger partial charge < -0.3 is 23.9 Å². The second-order valence-electron chi connectivity index (χ2n) is 21.0. The van der Waals surface area contributed by atoms with Gasteiger partial charge in [0.05, 0.1) is 16.8 Å². The SMILES string of the molecule is Fc1ccc2c(c1)-c1cc(F)ccc1C2c1cc2c3c(c1)N(c1ccccc1-c1ccccc1)c1cc(N(c4ccccc4)c4ccccc4)ccc1B3c1c(cc(N(c3ccccc3)c3ccccc3)c3c1oc1ccccc13)O2. The lowest BCUT2D eigenvalue weighted by atomic mass is 9.34. The van der Waals surface area contributed by atoms with E-state index in [9.17, 15) is 0 Å². The number of para-hydroxylation sites is 6. The first kappa shape index (κ1) is 46.6. The fourth-order valence-electron chi connectivity index (χ4n) is 13.1. The first-order chi connectivity index (χ1) is 40.0. The van der Waals surface area contributed by atoms with Crippen LogP contribution in [0.1, 0.15) is 22.6 Å². The topological polar surface area (TPSA) is 32.1 Å². The van der Waals surface area contributed by atoms with Gasteiger partial charge in [0.15, 0.2) is 0 Å². The van der Waals surface area contributed by atoms with Crippen LogP contribution in [-0.2, 0) is 0 Å². The first-order valence-electron chi connectivity index (χ1n) is 27.3. The molecule has 0 unspecified atom stereocenters. The first-order valence-corrected chi connectivity index (χ1v) is 27.3. The van der Waals surface area contributed by atoms with Crippen LogP contribution in [0.15, 0.2) is 277 Å². The predicted octanol–water partition coefficient (Wildman–Crippen LogP) is 18.0. The summed E-state index contributed by atoms with van der Waals surface area (Å²) in [5, 5.41) is 1.95. The van der Waals surface area contributed by atoms with Gasteiger partial charge in [-0.05, 0) is 154 Å². The summed E-state index contributed by atoms with van der Waals surface area (Å²) in [5.74, 6) is 0.188. The lowest BCUT2D eigenvalue weighted by molar-refractivity contribution is 0.486. The number of hydrogen-bond acceptors (Lipinski definition) is 5. The zero-order valence-electron chi connectivity index (χ0n) is 43.5. The summed E-state index contributed by atoms with van der Waals surface area (Å²) in [6, 6.07) is 92.7. The molecule has 1 aliphatic carbocycles. The zero-order chi connectivity index (χ0) is 53.7. The van der Waals surface area contributed by atoms with Crippen molar-refractivity contribution in [3.8, 4) is 33.8 Å². The van der Waals surface area contributed by atoms with E-state index < -0.39 is 12.6 Å². The molecule has 0 spiro atoms. The molecule has 0 saturated heterocycles. The second kappa shape index (κ2) is 18.6. The lowest BCUT2D eigenvalue weighted by Gasteiger charge is -2.42. The maximum atomic E-state index is 15.4. The van der Waals surface area contributed by atoms with Crippen molar-refractivity contribution in [2.24, 2.45) is 0 Å². The monoisotopic (exact) mass is 1050 g/mol. The van der Waals surface area contributed by atoms with Crippen molar-refractivity contribution in [2.45, 2.75) is 5.92 Å². The van der Waals surface area contributed by atoms with E-state index in [1.54, 1.807) is 0 Å². The van der Waals surface area contributed by atoms with E-state index in [4.69, 9.17) is 9.15 Å². The van der Waals surface area contributed by atoms with Gasteiger partial charge >= 0.3 is 0 Å². The van der Waals surface area contributed by atoms with Crippen LogP contribution in [0.25, 0.3) is 44.2 Å². The third-order valence-electron chi connectivity index (χ3n) is 16.4. The Kier molecular flexibility index (Phi) is 10.7. The highest BCUT2D eigenvalue weighted by Gasteiger charge is 2.46. The molecule has 12 aromatic carbocycles. The average Bonchev–Trinajstić information content (AvgIpc) is 4.26. The molecule has 2 aliphatic heterocycles. The van der Waals surface area contributed by atoms with Gasteiger partial charge in [0, 0.05) is 68.2 Å². The highest BCUT2D eigenvalue weighted by molar-refractivity contribution is 7.00. The van der Waals surface area contributed by atoms with Crippen molar-refractivity contribution in [1.29, 1.82) is 0 Å². The van der Waals surface area contributed by atoms with E-state index >= 15 is 8.78 Å². The van der Waals surface area contributed by atoms with Gasteiger partial charge in [0.2, 0.25) is 0 Å². The Bertz CT molecular complexity index is 4490. The van der Waals surface area contributed by atoms with Crippen LogP contribution in [-0.4, -0.2) is 6.71 Å². The van der Waals surface area contributed by atoms with Crippen LogP contribution in [0, 0.1) is 11.6 Å². The third kappa shape index (κ3) is 7.44. The molecule has 0 radical (unpaired) electrons. The van der Waals surface area contributed by atoms with Crippen LogP contribution < -0.4 is 35.8 Å². The molecule has 0 bridgehead atoms. The Hall–Kier alpha value is -10.4. The Labute approximate surface area is 467 Å². The lowest BCUT2D eigenvalue weighted by Crippen LogP contribution is -2.59. The standard InChI is InChI=1S/C73H46BF2N3O2/c75-48-34-37-56-59(42-48)60-43-49(76)35-38-57(60)69(56)47-40-65-71-67(41-47)80-68-45-64(78(52-26-12-4-13-27-52)53-28-14-5-15-29-53)70-58-31-17-19-33-66(58)81-73(70)72(68)74(71)61-39-36-54(77(50-22-8-2-9-23-50)51-24-10-3-11-25-51)44-63(61)79(65)62-32-18-16-30-55(62)46-20-6-1-7-21-46/h1-45,69H. The van der Waals surface area contributed by atoms with Gasteiger partial charge in [-0.3, -0.25) is 0 Å². The normalized spacial score (nSPS) is 12.8. The van der Waals surface area contributed by atoms with Crippen LogP contribution in [0.2, 0.25) is 0 Å². The van der Waals surface area contributed by atoms with Gasteiger partial charge in [0.1, 0.15) is 34.3 Å². The molecular formula is C73H46BF2N3O2. The van der Waals surface area contributed by atoms with Crippen LogP contribution in [0.4, 0.5) is 60.0 Å². The van der Waals surface area contributed by atoms with E-state index in [1.807, 2.05) is 48.5 Å². The third-order valence-corrected chi connectivity index (χ3v) is 16.4. The van der Waals surface area contributed by atoms with Crippen molar-refractivity contribution < 1.29 is 17.9 Å². The van der Waals surface area contributed by atoms with Gasteiger partial charge in [-0.2, -0.15) is 0 Å². The molecular weight excluding hydrogens is 1000 g/mol. The fourth-order valence-corrected chi connectivity index (χ4v) is 13.1. The summed E-state index contributed by atoms with van der Waals surface area (Å²) < 4.78 is 45.8. The molecule has 0 amide bonds. The Morgan fingerprint density at radius 2 is 0.951 bits per heavy atom. The molecule has 3 aliphatic rings. The molecule has 13 aromatic rings. The average molecular weight is 1050 g/mol. The summed E-state index contributed by atoms with van der Waals surface area (Å²) in [6.45, 7) is -0.413. The maximum absolute atomic E-state index is 15.4. The zero-order valence-corrected chi connectivity index (χ0v) is 43.5. The number of rotatable bonds is 9. The van der Waals surface area contributed by atoms with Crippen LogP contribution >= 0.6 is 0 Å². The van der Waals surface area contributed by atoms with Gasteiger partial charge in [0.25, 0.3) is 6.71 Å². The summed E-state index contributed by atoms with van der Waals surface area (Å²) in [5.41, 5.74) is 19.3. The minimum absolute atomic E-state index is 0.378. The minimum Gasteiger partial charge on any atom is -0.458 e. The highest BCUT2D eigenvalue weighted by Crippen LogP contribution is 2.54. The second-order valence-corrected chi connectivity index (χ2v) is 21.0. The molecule has 1 aromatic heterocycles. The van der Waals surface area contributed by atoms with E-state index in [2.05, 4.69) is 215 Å². The number of furan rings is 1. The number of nitrogens with zero attached hydrogens (tertiary/aromatic N) is 3.